The molecule has 0 heterocycles. The third-order valence-corrected chi connectivity index (χ3v) is 10.0. The molecular weight excluding hydrogens is 691 g/mol. The van der Waals surface area contributed by atoms with Crippen LogP contribution in [-0.2, 0) is 27.9 Å². The number of hydrogen-bond donors (Lipinski definition) is 3. The smallest absolute Gasteiger partial charge is 0.457 e. The molecule has 9 nitrogen and oxygen atoms in total. The molecule has 3 unspecified atom stereocenters. The number of hydrogen-bond acceptors (Lipinski definition) is 8. The van der Waals surface area contributed by atoms with Crippen molar-refractivity contribution in [3.05, 3.63) is 36.5 Å². The number of ether oxygens (including phenoxy) is 2. The molecule has 10 heteroatoms. The average molecular weight is 773 g/mol. The Morgan fingerprint density at radius 1 is 0.604 bits per heavy atom. The minimum Gasteiger partial charge on any atom is -0.457 e. The highest BCUT2D eigenvalue weighted by Crippen LogP contribution is 2.43. The summed E-state index contributed by atoms with van der Waals surface area (Å²) in [6.45, 7) is 3.37. The van der Waals surface area contributed by atoms with E-state index in [0.717, 1.165) is 70.6 Å². The molecule has 0 bridgehead atoms. The summed E-state index contributed by atoms with van der Waals surface area (Å²) in [5.74, 6) is -0.389. The average Bonchev–Trinajstić information content (AvgIpc) is 3.15. The van der Waals surface area contributed by atoms with Gasteiger partial charge >= 0.3 is 13.8 Å². The van der Waals surface area contributed by atoms with E-state index in [-0.39, 0.29) is 25.6 Å². The lowest BCUT2D eigenvalue weighted by atomic mass is 10.0. The second-order valence-electron chi connectivity index (χ2n) is 14.3. The van der Waals surface area contributed by atoms with Gasteiger partial charge in [0.05, 0.1) is 26.4 Å². The molecule has 0 fully saturated rings. The minimum atomic E-state index is -4.52. The fraction of sp³-hybridized carbons (Fsp3) is 0.837. The van der Waals surface area contributed by atoms with E-state index >= 15 is 0 Å². The Kier molecular flexibility index (Phi) is 39.3. The van der Waals surface area contributed by atoms with Gasteiger partial charge in [0, 0.05) is 13.0 Å². The van der Waals surface area contributed by atoms with Gasteiger partial charge in [0.1, 0.15) is 12.2 Å². The summed E-state index contributed by atoms with van der Waals surface area (Å²) in [4.78, 5) is 22.6. The molecule has 3 atom stereocenters. The second-order valence-corrected chi connectivity index (χ2v) is 15.8. The minimum absolute atomic E-state index is 0.0363. The Hall–Kier alpha value is -1.32. The summed E-state index contributed by atoms with van der Waals surface area (Å²) in [6.07, 6.45) is 42.5. The lowest BCUT2D eigenvalue weighted by Gasteiger charge is -2.20. The lowest BCUT2D eigenvalue weighted by Crippen LogP contribution is -2.29. The Morgan fingerprint density at radius 3 is 1.62 bits per heavy atom. The largest absolute Gasteiger partial charge is 0.472 e. The van der Waals surface area contributed by atoms with Gasteiger partial charge in [-0.05, 0) is 44.9 Å². The molecule has 0 aliphatic heterocycles. The van der Waals surface area contributed by atoms with Crippen LogP contribution in [-0.4, -0.2) is 66.3 Å². The van der Waals surface area contributed by atoms with Gasteiger partial charge in [-0.15, -0.1) is 0 Å². The van der Waals surface area contributed by atoms with Gasteiger partial charge in [-0.3, -0.25) is 13.8 Å². The van der Waals surface area contributed by atoms with Crippen LogP contribution in [0.3, 0.4) is 0 Å². The SMILES string of the molecule is CC/C=C\C/C=C\C/C=C\CCCCCCOCC(COP(=O)(O)OCC(O)CO)OC(=O)CCCCCCCCCCCCCCCCCCCC. The molecule has 0 aromatic heterocycles. The fourth-order valence-electron chi connectivity index (χ4n) is 5.84. The fourth-order valence-corrected chi connectivity index (χ4v) is 6.63. The third-order valence-electron chi connectivity index (χ3n) is 9.09. The van der Waals surface area contributed by atoms with Crippen molar-refractivity contribution in [1.29, 1.82) is 0 Å². The second kappa shape index (κ2) is 40.3. The molecule has 0 aliphatic carbocycles. The summed E-state index contributed by atoms with van der Waals surface area (Å²) >= 11 is 0. The van der Waals surface area contributed by atoms with Gasteiger partial charge in [-0.2, -0.15) is 0 Å². The zero-order valence-electron chi connectivity index (χ0n) is 34.0. The lowest BCUT2D eigenvalue weighted by molar-refractivity contribution is -0.154. The van der Waals surface area contributed by atoms with Crippen LogP contribution in [0.15, 0.2) is 36.5 Å². The monoisotopic (exact) mass is 773 g/mol. The van der Waals surface area contributed by atoms with Gasteiger partial charge in [-0.25, -0.2) is 4.57 Å². The van der Waals surface area contributed by atoms with E-state index in [1.165, 1.54) is 96.3 Å². The Balaban J connectivity index is 4.17. The van der Waals surface area contributed by atoms with Crippen LogP contribution in [0.4, 0.5) is 0 Å². The molecule has 0 aromatic carbocycles. The first-order valence-corrected chi connectivity index (χ1v) is 23.0. The number of aliphatic hydroxyl groups excluding tert-OH is 2. The van der Waals surface area contributed by atoms with E-state index in [9.17, 15) is 19.4 Å². The number of aliphatic hydroxyl groups is 2. The number of phosphoric acid groups is 1. The van der Waals surface area contributed by atoms with Gasteiger partial charge in [0.25, 0.3) is 0 Å². The molecule has 0 aromatic rings. The van der Waals surface area contributed by atoms with Crippen molar-refractivity contribution in [2.45, 2.75) is 199 Å². The van der Waals surface area contributed by atoms with Crippen molar-refractivity contribution >= 4 is 13.8 Å². The first kappa shape index (κ1) is 51.7. The number of phosphoric ester groups is 1. The highest BCUT2D eigenvalue weighted by molar-refractivity contribution is 7.47. The molecule has 53 heavy (non-hydrogen) atoms. The molecule has 0 radical (unpaired) electrons. The van der Waals surface area contributed by atoms with Crippen LogP contribution in [0.1, 0.15) is 187 Å². The number of esters is 1. The Bertz CT molecular complexity index is 923. The topological polar surface area (TPSA) is 132 Å². The van der Waals surface area contributed by atoms with Crippen LogP contribution in [0.2, 0.25) is 0 Å². The van der Waals surface area contributed by atoms with Crippen molar-refractivity contribution in [1.82, 2.24) is 0 Å². The zero-order valence-corrected chi connectivity index (χ0v) is 34.9. The van der Waals surface area contributed by atoms with Crippen molar-refractivity contribution in [2.75, 3.05) is 33.0 Å². The highest BCUT2D eigenvalue weighted by atomic mass is 31.2. The van der Waals surface area contributed by atoms with Gasteiger partial charge in [0.2, 0.25) is 0 Å². The van der Waals surface area contributed by atoms with Crippen LogP contribution >= 0.6 is 7.82 Å². The Labute approximate surface area is 325 Å². The first-order chi connectivity index (χ1) is 25.8. The Morgan fingerprint density at radius 2 is 1.08 bits per heavy atom. The molecule has 3 N–H and O–H groups in total. The summed E-state index contributed by atoms with van der Waals surface area (Å²) in [6, 6.07) is 0. The van der Waals surface area contributed by atoms with Crippen LogP contribution in [0, 0.1) is 0 Å². The normalized spacial score (nSPS) is 14.4. The number of rotatable bonds is 41. The van der Waals surface area contributed by atoms with E-state index < -0.39 is 33.2 Å². The third kappa shape index (κ3) is 40.2. The zero-order chi connectivity index (χ0) is 38.9. The maximum atomic E-state index is 12.6. The quantitative estimate of drug-likeness (QED) is 0.0240. The summed E-state index contributed by atoms with van der Waals surface area (Å²) < 4.78 is 33.3. The molecule has 0 rings (SSSR count). The summed E-state index contributed by atoms with van der Waals surface area (Å²) in [5, 5.41) is 18.3. The number of allylic oxidation sites excluding steroid dienone is 6. The van der Waals surface area contributed by atoms with Gasteiger partial charge in [-0.1, -0.05) is 172 Å². The predicted octanol–water partition coefficient (Wildman–Crippen LogP) is 11.6. The van der Waals surface area contributed by atoms with Crippen molar-refractivity contribution < 1.29 is 43.0 Å². The van der Waals surface area contributed by atoms with Gasteiger partial charge < -0.3 is 24.6 Å². The van der Waals surface area contributed by atoms with Crippen molar-refractivity contribution in [3.8, 4) is 0 Å². The standard InChI is InChI=1S/C43H81O9P/c1-3-5-7-9-11-13-15-17-19-20-21-22-23-25-27-29-31-33-35-43(46)52-42(40-51-53(47,48)50-38-41(45)37-44)39-49-36-34-32-30-28-26-24-18-16-14-12-10-8-6-4-2/h6,8,12,14,18,24,41-42,44-45H,3-5,7,9-11,13,15-17,19-23,25-40H2,1-2H3,(H,47,48)/b8-6-,14-12-,24-18-. The van der Waals surface area contributed by atoms with Crippen molar-refractivity contribution in [3.63, 3.8) is 0 Å². The van der Waals surface area contributed by atoms with E-state index in [0.29, 0.717) is 6.61 Å². The molecule has 0 spiro atoms. The number of carbonyl (C=O) groups excluding carboxylic acids is 1. The number of carbonyl (C=O) groups is 1. The highest BCUT2D eigenvalue weighted by Gasteiger charge is 2.26. The first-order valence-electron chi connectivity index (χ1n) is 21.5. The van der Waals surface area contributed by atoms with E-state index in [1.807, 2.05) is 0 Å². The van der Waals surface area contributed by atoms with E-state index in [1.54, 1.807) is 0 Å². The summed E-state index contributed by atoms with van der Waals surface area (Å²) in [5.41, 5.74) is 0. The number of unbranched alkanes of at least 4 members (excludes halogenated alkanes) is 21. The molecule has 0 saturated carbocycles. The molecule has 0 aliphatic rings. The van der Waals surface area contributed by atoms with Gasteiger partial charge in [0.15, 0.2) is 0 Å². The van der Waals surface area contributed by atoms with E-state index in [4.69, 9.17) is 23.6 Å². The maximum absolute atomic E-state index is 12.6. The van der Waals surface area contributed by atoms with E-state index in [2.05, 4.69) is 50.3 Å². The maximum Gasteiger partial charge on any atom is 0.472 e. The predicted molar refractivity (Wildman–Crippen MR) is 219 cm³/mol. The van der Waals surface area contributed by atoms with Crippen LogP contribution in [0.5, 0.6) is 0 Å². The van der Waals surface area contributed by atoms with Crippen LogP contribution in [0.25, 0.3) is 0 Å². The molecule has 312 valence electrons. The molecule has 0 saturated heterocycles. The summed E-state index contributed by atoms with van der Waals surface area (Å²) in [7, 11) is -4.52. The van der Waals surface area contributed by atoms with Crippen LogP contribution < -0.4 is 0 Å². The molecular formula is C43H81O9P. The molecule has 0 amide bonds. The van der Waals surface area contributed by atoms with Crippen molar-refractivity contribution in [2.24, 2.45) is 0 Å².